The van der Waals surface area contributed by atoms with Crippen molar-refractivity contribution in [3.05, 3.63) is 65.4 Å². The Morgan fingerprint density at radius 3 is 2.28 bits per heavy atom. The first kappa shape index (κ1) is 20.1. The van der Waals surface area contributed by atoms with Crippen molar-refractivity contribution in [2.75, 3.05) is 12.4 Å². The molecule has 0 bridgehead atoms. The van der Waals surface area contributed by atoms with Crippen molar-refractivity contribution < 1.29 is 27.8 Å². The van der Waals surface area contributed by atoms with Crippen LogP contribution in [0.2, 0.25) is 0 Å². The first-order chi connectivity index (χ1) is 13.9. The van der Waals surface area contributed by atoms with Gasteiger partial charge in [0, 0.05) is 11.4 Å². The molecule has 29 heavy (non-hydrogen) atoms. The van der Waals surface area contributed by atoms with Gasteiger partial charge in [-0.15, -0.1) is 0 Å². The van der Waals surface area contributed by atoms with Crippen molar-refractivity contribution in [3.8, 4) is 11.5 Å². The second-order valence-electron chi connectivity index (χ2n) is 6.20. The lowest BCUT2D eigenvalue weighted by molar-refractivity contribution is -0.113. The number of carbonyl (C=O) groups excluding carboxylic acids is 2. The van der Waals surface area contributed by atoms with E-state index in [4.69, 9.17) is 4.74 Å². The van der Waals surface area contributed by atoms with E-state index in [1.807, 2.05) is 0 Å². The van der Waals surface area contributed by atoms with Crippen LogP contribution in [0.15, 0.2) is 59.8 Å². The Labute approximate surface area is 165 Å². The van der Waals surface area contributed by atoms with Gasteiger partial charge in [-0.25, -0.2) is 4.79 Å². The Morgan fingerprint density at radius 2 is 1.69 bits per heavy atom. The van der Waals surface area contributed by atoms with Crippen molar-refractivity contribution in [1.29, 1.82) is 0 Å². The summed E-state index contributed by atoms with van der Waals surface area (Å²) < 4.78 is 34.1. The summed E-state index contributed by atoms with van der Waals surface area (Å²) in [4.78, 5) is 24.9. The molecule has 3 rings (SSSR count). The number of halogens is 2. The molecule has 0 saturated heterocycles. The molecule has 1 heterocycles. The van der Waals surface area contributed by atoms with Crippen molar-refractivity contribution in [2.24, 2.45) is 0 Å². The molecular formula is C20H19F2N3O4. The predicted molar refractivity (Wildman–Crippen MR) is 102 cm³/mol. The minimum Gasteiger partial charge on any atom is -0.497 e. The fraction of sp³-hybridized carbons (Fsp3) is 0.200. The molecule has 7 nitrogen and oxygen atoms in total. The van der Waals surface area contributed by atoms with Gasteiger partial charge in [0.25, 0.3) is 5.91 Å². The highest BCUT2D eigenvalue weighted by molar-refractivity contribution is 6.06. The Bertz CT molecular complexity index is 928. The van der Waals surface area contributed by atoms with E-state index in [0.717, 1.165) is 0 Å². The summed E-state index contributed by atoms with van der Waals surface area (Å²) in [7, 11) is 1.54. The van der Waals surface area contributed by atoms with Gasteiger partial charge < -0.3 is 25.4 Å². The summed E-state index contributed by atoms with van der Waals surface area (Å²) in [5, 5.41) is 8.03. The molecule has 3 amide bonds. The normalized spacial score (nSPS) is 16.2. The molecule has 0 fully saturated rings. The molecule has 0 spiro atoms. The van der Waals surface area contributed by atoms with Crippen molar-refractivity contribution in [1.82, 2.24) is 10.6 Å². The number of urea groups is 1. The topological polar surface area (TPSA) is 88.7 Å². The summed E-state index contributed by atoms with van der Waals surface area (Å²) in [6.07, 6.45) is 0. The van der Waals surface area contributed by atoms with E-state index in [1.54, 1.807) is 38.3 Å². The molecular weight excluding hydrogens is 384 g/mol. The largest absolute Gasteiger partial charge is 0.497 e. The first-order valence-corrected chi connectivity index (χ1v) is 8.66. The maximum absolute atomic E-state index is 12.9. The summed E-state index contributed by atoms with van der Waals surface area (Å²) in [6.45, 7) is -1.32. The van der Waals surface area contributed by atoms with Crippen LogP contribution in [0, 0.1) is 0 Å². The zero-order chi connectivity index (χ0) is 21.0. The Balaban J connectivity index is 1.85. The molecule has 1 aliphatic heterocycles. The van der Waals surface area contributed by atoms with Gasteiger partial charge in [0.1, 0.15) is 11.5 Å². The Hall–Kier alpha value is -3.62. The fourth-order valence-electron chi connectivity index (χ4n) is 2.96. The molecule has 3 N–H and O–H groups in total. The molecule has 2 aromatic rings. The lowest BCUT2D eigenvalue weighted by atomic mass is 9.94. The SMILES string of the molecule is COc1ccc(NC(=O)C2=C(C)NC(=O)N[C@@H]2c2ccc(OC(F)F)cc2)cc1. The first-order valence-electron chi connectivity index (χ1n) is 8.66. The van der Waals surface area contributed by atoms with Crippen LogP contribution >= 0.6 is 0 Å². The average molecular weight is 403 g/mol. The second kappa shape index (κ2) is 8.59. The van der Waals surface area contributed by atoms with Crippen LogP contribution in [0.5, 0.6) is 11.5 Å². The molecule has 0 radical (unpaired) electrons. The number of benzene rings is 2. The lowest BCUT2D eigenvalue weighted by Gasteiger charge is -2.28. The second-order valence-corrected chi connectivity index (χ2v) is 6.20. The quantitative estimate of drug-likeness (QED) is 0.688. The molecule has 9 heteroatoms. The third kappa shape index (κ3) is 4.81. The van der Waals surface area contributed by atoms with Crippen LogP contribution in [0.25, 0.3) is 0 Å². The molecule has 1 atom stereocenters. The molecule has 0 saturated carbocycles. The highest BCUT2D eigenvalue weighted by atomic mass is 19.3. The number of methoxy groups -OCH3 is 1. The minimum absolute atomic E-state index is 0.0195. The van der Waals surface area contributed by atoms with Gasteiger partial charge in [0.2, 0.25) is 0 Å². The van der Waals surface area contributed by atoms with Gasteiger partial charge in [0.05, 0.1) is 18.7 Å². The Kier molecular flexibility index (Phi) is 5.96. The number of alkyl halides is 2. The maximum Gasteiger partial charge on any atom is 0.387 e. The molecule has 1 aliphatic rings. The summed E-state index contributed by atoms with van der Waals surface area (Å²) >= 11 is 0. The summed E-state index contributed by atoms with van der Waals surface area (Å²) in [6, 6.07) is 11.3. The number of allylic oxidation sites excluding steroid dienone is 1. The van der Waals surface area contributed by atoms with Gasteiger partial charge in [-0.1, -0.05) is 12.1 Å². The van der Waals surface area contributed by atoms with Crippen LogP contribution in [0.4, 0.5) is 19.3 Å². The smallest absolute Gasteiger partial charge is 0.387 e. The van der Waals surface area contributed by atoms with Crippen molar-refractivity contribution in [2.45, 2.75) is 19.6 Å². The van der Waals surface area contributed by atoms with E-state index in [9.17, 15) is 18.4 Å². The van der Waals surface area contributed by atoms with E-state index in [-0.39, 0.29) is 5.75 Å². The molecule has 0 unspecified atom stereocenters. The van der Waals surface area contributed by atoms with Gasteiger partial charge >= 0.3 is 12.6 Å². The van der Waals surface area contributed by atoms with E-state index in [0.29, 0.717) is 28.3 Å². The number of rotatable bonds is 6. The number of hydrogen-bond donors (Lipinski definition) is 3. The standard InChI is InChI=1S/C20H19F2N3O4/c1-11-16(18(26)24-13-5-9-14(28-2)10-6-13)17(25-20(27)23-11)12-3-7-15(8-4-12)29-19(21)22/h3-10,17,19H,1-2H3,(H,24,26)(H2,23,25,27)/t17-/m1/s1. The van der Waals surface area contributed by atoms with Crippen LogP contribution in [-0.2, 0) is 4.79 Å². The molecule has 2 aromatic carbocycles. The molecule has 0 aromatic heterocycles. The highest BCUT2D eigenvalue weighted by Crippen LogP contribution is 2.29. The highest BCUT2D eigenvalue weighted by Gasteiger charge is 2.31. The number of ether oxygens (including phenoxy) is 2. The predicted octanol–water partition coefficient (Wildman–Crippen LogP) is 3.56. The third-order valence-electron chi connectivity index (χ3n) is 4.30. The number of carbonyl (C=O) groups is 2. The number of hydrogen-bond acceptors (Lipinski definition) is 4. The fourth-order valence-corrected chi connectivity index (χ4v) is 2.96. The molecule has 0 aliphatic carbocycles. The van der Waals surface area contributed by atoms with Crippen molar-refractivity contribution >= 4 is 17.6 Å². The van der Waals surface area contributed by atoms with Gasteiger partial charge in [0.15, 0.2) is 0 Å². The van der Waals surface area contributed by atoms with E-state index in [2.05, 4.69) is 20.7 Å². The third-order valence-corrected chi connectivity index (χ3v) is 4.30. The summed E-state index contributed by atoms with van der Waals surface area (Å²) in [5.41, 5.74) is 1.77. The van der Waals surface area contributed by atoms with Crippen LogP contribution < -0.4 is 25.4 Å². The zero-order valence-corrected chi connectivity index (χ0v) is 15.7. The van der Waals surface area contributed by atoms with Gasteiger partial charge in [-0.3, -0.25) is 4.79 Å². The van der Waals surface area contributed by atoms with Gasteiger partial charge in [-0.2, -0.15) is 8.78 Å². The maximum atomic E-state index is 12.9. The lowest BCUT2D eigenvalue weighted by Crippen LogP contribution is -2.45. The van der Waals surface area contributed by atoms with E-state index < -0.39 is 24.6 Å². The Morgan fingerprint density at radius 1 is 1.07 bits per heavy atom. The number of amides is 3. The van der Waals surface area contributed by atoms with E-state index in [1.165, 1.54) is 24.3 Å². The zero-order valence-electron chi connectivity index (χ0n) is 15.7. The monoisotopic (exact) mass is 403 g/mol. The van der Waals surface area contributed by atoms with E-state index >= 15 is 0 Å². The van der Waals surface area contributed by atoms with Crippen LogP contribution in [0.3, 0.4) is 0 Å². The summed E-state index contributed by atoms with van der Waals surface area (Å²) in [5.74, 6) is 0.209. The average Bonchev–Trinajstić information content (AvgIpc) is 2.68. The van der Waals surface area contributed by atoms with Crippen molar-refractivity contribution in [3.63, 3.8) is 0 Å². The minimum atomic E-state index is -2.94. The van der Waals surface area contributed by atoms with Gasteiger partial charge in [-0.05, 0) is 48.9 Å². The molecule has 152 valence electrons. The number of anilines is 1. The van der Waals surface area contributed by atoms with Crippen LogP contribution in [-0.4, -0.2) is 25.7 Å². The number of nitrogens with one attached hydrogen (secondary N) is 3. The van der Waals surface area contributed by atoms with Crippen LogP contribution in [0.1, 0.15) is 18.5 Å².